The number of aliphatic hydroxyl groups excluding tert-OH is 1. The lowest BCUT2D eigenvalue weighted by Crippen LogP contribution is -2.55. The SMILES string of the molecule is CC1=CNC(N2CCN(C(=O)c3ccc(N4C(=O)OC[C@H]4O)cc3C#N)CC2)C(C)=C1. The standard InChI is InChI=1S/C22H25N5O4/c1-14-9-15(2)20(24-12-14)25-5-7-26(8-6-25)21(29)18-4-3-17(10-16(18)11-23)27-19(28)13-31-22(27)30/h3-4,9-10,12,19-20,24,28H,5-8,13H2,1-2H3/t19-,20?/m1/s1. The normalized spacial score (nSPS) is 24.1. The zero-order chi connectivity index (χ0) is 22.1. The first-order chi connectivity index (χ1) is 14.9. The molecule has 1 aromatic carbocycles. The number of aliphatic hydroxyl groups is 1. The number of hydrogen-bond donors (Lipinski definition) is 2. The molecule has 0 saturated carbocycles. The molecule has 1 aromatic rings. The number of benzene rings is 1. The fraction of sp³-hybridized carbons (Fsp3) is 0.409. The van der Waals surface area contributed by atoms with Crippen LogP contribution in [0.4, 0.5) is 10.5 Å². The Balaban J connectivity index is 1.45. The van der Waals surface area contributed by atoms with Crippen molar-refractivity contribution >= 4 is 17.7 Å². The van der Waals surface area contributed by atoms with Crippen LogP contribution in [0.25, 0.3) is 0 Å². The number of rotatable bonds is 3. The number of dihydropyridines is 1. The number of nitrogens with zero attached hydrogens (tertiary/aromatic N) is 4. The third-order valence-electron chi connectivity index (χ3n) is 5.80. The van der Waals surface area contributed by atoms with Crippen molar-refractivity contribution in [2.45, 2.75) is 26.2 Å². The van der Waals surface area contributed by atoms with Gasteiger partial charge in [0.25, 0.3) is 5.91 Å². The van der Waals surface area contributed by atoms with Gasteiger partial charge in [0.05, 0.1) is 16.8 Å². The summed E-state index contributed by atoms with van der Waals surface area (Å²) >= 11 is 0. The maximum absolute atomic E-state index is 13.1. The second-order valence-electron chi connectivity index (χ2n) is 7.94. The molecule has 2 N–H and O–H groups in total. The Morgan fingerprint density at radius 1 is 1.26 bits per heavy atom. The molecule has 1 unspecified atom stereocenters. The number of anilines is 1. The van der Waals surface area contributed by atoms with Gasteiger partial charge in [-0.1, -0.05) is 6.08 Å². The fourth-order valence-electron chi connectivity index (χ4n) is 4.22. The highest BCUT2D eigenvalue weighted by molar-refractivity contribution is 5.98. The molecule has 2 saturated heterocycles. The van der Waals surface area contributed by atoms with E-state index < -0.39 is 12.3 Å². The highest BCUT2D eigenvalue weighted by Gasteiger charge is 2.34. The van der Waals surface area contributed by atoms with Gasteiger partial charge in [-0.05, 0) is 43.2 Å². The summed E-state index contributed by atoms with van der Waals surface area (Å²) in [6.45, 7) is 6.55. The molecule has 0 aliphatic carbocycles. The highest BCUT2D eigenvalue weighted by atomic mass is 16.6. The van der Waals surface area contributed by atoms with Crippen molar-refractivity contribution in [3.05, 3.63) is 52.7 Å². The van der Waals surface area contributed by atoms with E-state index in [2.05, 4.69) is 30.1 Å². The molecule has 3 aliphatic heterocycles. The van der Waals surface area contributed by atoms with E-state index in [-0.39, 0.29) is 29.8 Å². The molecule has 0 bridgehead atoms. The second kappa shape index (κ2) is 8.41. The average molecular weight is 423 g/mol. The van der Waals surface area contributed by atoms with Gasteiger partial charge in [0.15, 0.2) is 6.23 Å². The number of ether oxygens (including phenoxy) is 1. The minimum absolute atomic E-state index is 0.126. The van der Waals surface area contributed by atoms with Gasteiger partial charge in [-0.2, -0.15) is 5.26 Å². The number of amides is 2. The van der Waals surface area contributed by atoms with Gasteiger partial charge in [-0.3, -0.25) is 9.69 Å². The first-order valence-electron chi connectivity index (χ1n) is 10.2. The van der Waals surface area contributed by atoms with E-state index in [0.29, 0.717) is 31.9 Å². The van der Waals surface area contributed by atoms with Gasteiger partial charge >= 0.3 is 6.09 Å². The monoisotopic (exact) mass is 423 g/mol. The van der Waals surface area contributed by atoms with Crippen LogP contribution in [-0.4, -0.2) is 72.1 Å². The van der Waals surface area contributed by atoms with Gasteiger partial charge in [-0.25, -0.2) is 9.69 Å². The number of nitriles is 1. The number of nitrogens with one attached hydrogen (secondary N) is 1. The smallest absolute Gasteiger partial charge is 0.416 e. The van der Waals surface area contributed by atoms with Crippen molar-refractivity contribution in [3.8, 4) is 6.07 Å². The lowest BCUT2D eigenvalue weighted by Gasteiger charge is -2.40. The van der Waals surface area contributed by atoms with Gasteiger partial charge in [0.2, 0.25) is 0 Å². The summed E-state index contributed by atoms with van der Waals surface area (Å²) in [5.74, 6) is -0.216. The van der Waals surface area contributed by atoms with E-state index in [1.807, 2.05) is 12.3 Å². The van der Waals surface area contributed by atoms with E-state index >= 15 is 0 Å². The molecule has 31 heavy (non-hydrogen) atoms. The maximum atomic E-state index is 13.1. The van der Waals surface area contributed by atoms with Crippen molar-refractivity contribution in [3.63, 3.8) is 0 Å². The summed E-state index contributed by atoms with van der Waals surface area (Å²) in [5.41, 5.74) is 3.19. The Morgan fingerprint density at radius 3 is 2.61 bits per heavy atom. The van der Waals surface area contributed by atoms with Crippen LogP contribution in [-0.2, 0) is 4.74 Å². The molecular formula is C22H25N5O4. The Labute approximate surface area is 180 Å². The second-order valence-corrected chi connectivity index (χ2v) is 7.94. The largest absolute Gasteiger partial charge is 0.444 e. The van der Waals surface area contributed by atoms with Gasteiger partial charge < -0.3 is 20.1 Å². The molecule has 3 aliphatic rings. The van der Waals surface area contributed by atoms with Crippen molar-refractivity contribution in [2.75, 3.05) is 37.7 Å². The van der Waals surface area contributed by atoms with Crippen molar-refractivity contribution in [2.24, 2.45) is 0 Å². The molecule has 162 valence electrons. The molecular weight excluding hydrogens is 398 g/mol. The Kier molecular flexibility index (Phi) is 5.67. The number of cyclic esters (lactones) is 1. The van der Waals surface area contributed by atoms with Gasteiger partial charge in [0, 0.05) is 32.4 Å². The fourth-order valence-corrected chi connectivity index (χ4v) is 4.22. The minimum Gasteiger partial charge on any atom is -0.444 e. The van der Waals surface area contributed by atoms with Crippen LogP contribution in [0.2, 0.25) is 0 Å². The number of allylic oxidation sites excluding steroid dienone is 2. The summed E-state index contributed by atoms with van der Waals surface area (Å²) in [4.78, 5) is 30.0. The quantitative estimate of drug-likeness (QED) is 0.756. The van der Waals surface area contributed by atoms with Gasteiger partial charge in [0.1, 0.15) is 18.8 Å². The predicted octanol–water partition coefficient (Wildman–Crippen LogP) is 1.37. The van der Waals surface area contributed by atoms with Crippen molar-refractivity contribution in [1.82, 2.24) is 15.1 Å². The molecule has 9 heteroatoms. The Hall–Kier alpha value is -3.35. The maximum Gasteiger partial charge on any atom is 0.416 e. The molecule has 2 amide bonds. The zero-order valence-corrected chi connectivity index (χ0v) is 17.5. The first-order valence-corrected chi connectivity index (χ1v) is 10.2. The summed E-state index contributed by atoms with van der Waals surface area (Å²) in [6, 6.07) is 6.56. The summed E-state index contributed by atoms with van der Waals surface area (Å²) in [6.07, 6.45) is 2.49. The van der Waals surface area contributed by atoms with E-state index in [9.17, 15) is 20.0 Å². The molecule has 0 spiro atoms. The van der Waals surface area contributed by atoms with E-state index in [0.717, 1.165) is 4.90 Å². The highest BCUT2D eigenvalue weighted by Crippen LogP contribution is 2.26. The van der Waals surface area contributed by atoms with E-state index in [1.54, 1.807) is 11.0 Å². The number of piperazine rings is 1. The van der Waals surface area contributed by atoms with Crippen LogP contribution < -0.4 is 10.2 Å². The number of carbonyl (C=O) groups is 2. The van der Waals surface area contributed by atoms with Crippen molar-refractivity contribution < 1.29 is 19.4 Å². The van der Waals surface area contributed by atoms with Crippen LogP contribution in [0.15, 0.2) is 41.6 Å². The third-order valence-corrected chi connectivity index (χ3v) is 5.80. The van der Waals surface area contributed by atoms with Crippen LogP contribution in [0.1, 0.15) is 29.8 Å². The summed E-state index contributed by atoms with van der Waals surface area (Å²) in [7, 11) is 0. The van der Waals surface area contributed by atoms with E-state index in [1.165, 1.54) is 23.3 Å². The molecule has 0 aromatic heterocycles. The topological polar surface area (TPSA) is 109 Å². The van der Waals surface area contributed by atoms with Crippen LogP contribution in [0.5, 0.6) is 0 Å². The molecule has 9 nitrogen and oxygen atoms in total. The molecule has 0 radical (unpaired) electrons. The molecule has 4 rings (SSSR count). The lowest BCUT2D eigenvalue weighted by atomic mass is 10.0. The third kappa shape index (κ3) is 4.00. The number of hydrogen-bond acceptors (Lipinski definition) is 7. The average Bonchev–Trinajstić information content (AvgIpc) is 3.11. The molecule has 2 fully saturated rings. The first kappa shape index (κ1) is 20.9. The summed E-state index contributed by atoms with van der Waals surface area (Å²) < 4.78 is 4.81. The lowest BCUT2D eigenvalue weighted by molar-refractivity contribution is 0.0578. The van der Waals surface area contributed by atoms with E-state index in [4.69, 9.17) is 4.74 Å². The predicted molar refractivity (Wildman–Crippen MR) is 113 cm³/mol. The molecule has 2 atom stereocenters. The van der Waals surface area contributed by atoms with Gasteiger partial charge in [-0.15, -0.1) is 0 Å². The van der Waals surface area contributed by atoms with Crippen LogP contribution in [0.3, 0.4) is 0 Å². The van der Waals surface area contributed by atoms with Crippen LogP contribution in [0, 0.1) is 11.3 Å². The molecule has 3 heterocycles. The van der Waals surface area contributed by atoms with Crippen LogP contribution >= 0.6 is 0 Å². The minimum atomic E-state index is -1.11. The summed E-state index contributed by atoms with van der Waals surface area (Å²) in [5, 5.41) is 22.9. The Bertz CT molecular complexity index is 1000. The zero-order valence-electron chi connectivity index (χ0n) is 17.5. The van der Waals surface area contributed by atoms with Crippen molar-refractivity contribution in [1.29, 1.82) is 5.26 Å². The number of carbonyl (C=O) groups excluding carboxylic acids is 2. The Morgan fingerprint density at radius 2 is 2.00 bits per heavy atom.